The number of anilines is 1. The predicted molar refractivity (Wildman–Crippen MR) is 136 cm³/mol. The number of benzene rings is 3. The van der Waals surface area contributed by atoms with Crippen molar-refractivity contribution in [2.75, 3.05) is 19.1 Å². The van der Waals surface area contributed by atoms with Crippen molar-refractivity contribution in [3.05, 3.63) is 82.8 Å². The van der Waals surface area contributed by atoms with Gasteiger partial charge in [-0.2, -0.15) is 0 Å². The maximum atomic E-state index is 14.5. The van der Waals surface area contributed by atoms with Crippen LogP contribution in [0, 0.1) is 31.3 Å². The van der Waals surface area contributed by atoms with Gasteiger partial charge in [0.05, 0.1) is 31.5 Å². The van der Waals surface area contributed by atoms with Gasteiger partial charge in [-0.1, -0.05) is 0 Å². The van der Waals surface area contributed by atoms with Gasteiger partial charge in [-0.3, -0.25) is 9.88 Å². The maximum Gasteiger partial charge on any atom is 0.412 e. The fourth-order valence-corrected chi connectivity index (χ4v) is 4.27. The second-order valence-corrected chi connectivity index (χ2v) is 8.66. The van der Waals surface area contributed by atoms with E-state index < -0.39 is 29.6 Å². The minimum absolute atomic E-state index is 0.241. The topological polar surface area (TPSA) is 81.1 Å². The van der Waals surface area contributed by atoms with Crippen LogP contribution in [0.25, 0.3) is 10.9 Å². The number of carboxylic acid groups (broad SMARTS) is 1. The van der Waals surface area contributed by atoms with Gasteiger partial charge in [0.1, 0.15) is 17.3 Å². The van der Waals surface area contributed by atoms with Gasteiger partial charge in [0.25, 0.3) is 0 Å². The van der Waals surface area contributed by atoms with E-state index in [1.165, 1.54) is 21.1 Å². The number of halogens is 3. The summed E-state index contributed by atoms with van der Waals surface area (Å²) in [5.41, 5.74) is 1.65. The van der Waals surface area contributed by atoms with Gasteiger partial charge in [-0.05, 0) is 62.2 Å². The number of nitrogens with zero attached hydrogens (tertiary/aromatic N) is 2. The van der Waals surface area contributed by atoms with Crippen LogP contribution in [0.3, 0.4) is 0 Å². The summed E-state index contributed by atoms with van der Waals surface area (Å²) < 4.78 is 58.7. The van der Waals surface area contributed by atoms with Crippen molar-refractivity contribution in [1.82, 2.24) is 4.98 Å². The van der Waals surface area contributed by atoms with Crippen LogP contribution in [0.5, 0.6) is 23.0 Å². The molecule has 0 aliphatic heterocycles. The average molecular weight is 527 g/mol. The zero-order chi connectivity index (χ0) is 27.7. The molecule has 0 saturated carbocycles. The standard InChI is InChI=1S/C28H25F3N2O5/c1-14-9-25(38-24-6-7-32-22-13-27(37-5)26(36-4)11-18(22)24)15(2)8-23(14)33(28(34)35)16(3)17-10-20(30)21(31)12-19(17)29/h6-13,16H,1-5H3,(H,34,35). The van der Waals surface area contributed by atoms with Crippen LogP contribution in [0.1, 0.15) is 29.7 Å². The maximum absolute atomic E-state index is 14.5. The number of pyridine rings is 1. The third-order valence-corrected chi connectivity index (χ3v) is 6.26. The molecule has 0 aliphatic rings. The number of fused-ring (bicyclic) bond motifs is 1. The van der Waals surface area contributed by atoms with Gasteiger partial charge in [0, 0.05) is 29.3 Å². The minimum Gasteiger partial charge on any atom is -0.493 e. The Morgan fingerprint density at radius 1 is 0.868 bits per heavy atom. The van der Waals surface area contributed by atoms with Crippen LogP contribution in [-0.2, 0) is 0 Å². The first-order valence-electron chi connectivity index (χ1n) is 11.5. The molecule has 1 amide bonds. The molecule has 4 rings (SSSR count). The lowest BCUT2D eigenvalue weighted by Gasteiger charge is -2.29. The van der Waals surface area contributed by atoms with E-state index in [1.807, 2.05) is 0 Å². The largest absolute Gasteiger partial charge is 0.493 e. The Morgan fingerprint density at radius 3 is 2.18 bits per heavy atom. The molecule has 1 atom stereocenters. The van der Waals surface area contributed by atoms with E-state index in [0.717, 1.165) is 4.90 Å². The molecule has 1 unspecified atom stereocenters. The number of ether oxygens (including phenoxy) is 3. The molecule has 0 saturated heterocycles. The summed E-state index contributed by atoms with van der Waals surface area (Å²) in [5, 5.41) is 10.6. The molecule has 0 fully saturated rings. The SMILES string of the molecule is COc1cc2nccc(Oc3cc(C)c(N(C(=O)O)C(C)c4cc(F)c(F)cc4F)cc3C)c2cc1OC. The molecule has 7 nitrogen and oxygen atoms in total. The van der Waals surface area contributed by atoms with Gasteiger partial charge in [-0.25, -0.2) is 18.0 Å². The number of carbonyl (C=O) groups is 1. The number of hydrogen-bond donors (Lipinski definition) is 1. The quantitative estimate of drug-likeness (QED) is 0.254. The van der Waals surface area contributed by atoms with E-state index in [1.54, 1.807) is 50.4 Å². The molecule has 38 heavy (non-hydrogen) atoms. The van der Waals surface area contributed by atoms with E-state index in [9.17, 15) is 23.1 Å². The highest BCUT2D eigenvalue weighted by atomic mass is 19.2. The number of aryl methyl sites for hydroxylation is 2. The van der Waals surface area contributed by atoms with Gasteiger partial charge in [0.2, 0.25) is 0 Å². The highest BCUT2D eigenvalue weighted by Gasteiger charge is 2.28. The van der Waals surface area contributed by atoms with Crippen molar-refractivity contribution in [3.63, 3.8) is 0 Å². The van der Waals surface area contributed by atoms with Crippen molar-refractivity contribution in [2.45, 2.75) is 26.8 Å². The molecule has 1 N–H and O–H groups in total. The number of aromatic nitrogens is 1. The first-order chi connectivity index (χ1) is 18.0. The normalized spacial score (nSPS) is 11.8. The highest BCUT2D eigenvalue weighted by Crippen LogP contribution is 2.40. The Morgan fingerprint density at radius 2 is 1.53 bits per heavy atom. The third-order valence-electron chi connectivity index (χ3n) is 6.26. The molecule has 1 heterocycles. The monoisotopic (exact) mass is 526 g/mol. The van der Waals surface area contributed by atoms with Crippen LogP contribution < -0.4 is 19.1 Å². The molecule has 0 aliphatic carbocycles. The fourth-order valence-electron chi connectivity index (χ4n) is 4.27. The number of rotatable bonds is 7. The summed E-state index contributed by atoms with van der Waals surface area (Å²) in [4.78, 5) is 17.5. The van der Waals surface area contributed by atoms with Gasteiger partial charge >= 0.3 is 6.09 Å². The van der Waals surface area contributed by atoms with Crippen LogP contribution in [0.2, 0.25) is 0 Å². The lowest BCUT2D eigenvalue weighted by Crippen LogP contribution is -2.33. The third kappa shape index (κ3) is 4.89. The van der Waals surface area contributed by atoms with E-state index in [4.69, 9.17) is 14.2 Å². The Bertz CT molecular complexity index is 1540. The van der Waals surface area contributed by atoms with E-state index >= 15 is 0 Å². The van der Waals surface area contributed by atoms with Crippen LogP contribution >= 0.6 is 0 Å². The average Bonchev–Trinajstić information content (AvgIpc) is 2.88. The van der Waals surface area contributed by atoms with Crippen LogP contribution in [-0.4, -0.2) is 30.4 Å². The molecule has 3 aromatic carbocycles. The second-order valence-electron chi connectivity index (χ2n) is 8.66. The highest BCUT2D eigenvalue weighted by molar-refractivity contribution is 5.90. The van der Waals surface area contributed by atoms with Crippen molar-refractivity contribution in [1.29, 1.82) is 0 Å². The lowest BCUT2D eigenvalue weighted by molar-refractivity contribution is 0.199. The lowest BCUT2D eigenvalue weighted by atomic mass is 10.0. The Kier molecular flexibility index (Phi) is 7.34. The molecule has 4 aromatic rings. The summed E-state index contributed by atoms with van der Waals surface area (Å²) in [7, 11) is 3.05. The van der Waals surface area contributed by atoms with E-state index in [2.05, 4.69) is 4.98 Å². The fraction of sp³-hybridized carbons (Fsp3) is 0.214. The second kappa shape index (κ2) is 10.5. The molecule has 0 bridgehead atoms. The van der Waals surface area contributed by atoms with Crippen molar-refractivity contribution >= 4 is 22.7 Å². The molecule has 1 aromatic heterocycles. The van der Waals surface area contributed by atoms with Crippen LogP contribution in [0.4, 0.5) is 23.7 Å². The zero-order valence-electron chi connectivity index (χ0n) is 21.3. The summed E-state index contributed by atoms with van der Waals surface area (Å²) >= 11 is 0. The summed E-state index contributed by atoms with van der Waals surface area (Å²) in [6.45, 7) is 4.80. The molecular weight excluding hydrogens is 501 g/mol. The Balaban J connectivity index is 1.74. The predicted octanol–water partition coefficient (Wildman–Crippen LogP) is 7.32. The Hall–Kier alpha value is -4.47. The molecule has 0 radical (unpaired) electrons. The number of amides is 1. The smallest absolute Gasteiger partial charge is 0.412 e. The Labute approximate surface area is 217 Å². The zero-order valence-corrected chi connectivity index (χ0v) is 21.3. The van der Waals surface area contributed by atoms with Gasteiger partial charge in [0.15, 0.2) is 23.1 Å². The summed E-state index contributed by atoms with van der Waals surface area (Å²) in [6.07, 6.45) is 0.198. The molecule has 10 heteroatoms. The first-order valence-corrected chi connectivity index (χ1v) is 11.5. The van der Waals surface area contributed by atoms with E-state index in [-0.39, 0.29) is 11.3 Å². The molecule has 0 spiro atoms. The van der Waals surface area contributed by atoms with Gasteiger partial charge < -0.3 is 19.3 Å². The molecular formula is C28H25F3N2O5. The minimum atomic E-state index is -1.39. The summed E-state index contributed by atoms with van der Waals surface area (Å²) in [5.74, 6) is -1.72. The van der Waals surface area contributed by atoms with Crippen molar-refractivity contribution in [3.8, 4) is 23.0 Å². The van der Waals surface area contributed by atoms with Crippen LogP contribution in [0.15, 0.2) is 48.7 Å². The summed E-state index contributed by atoms with van der Waals surface area (Å²) in [6, 6.07) is 8.32. The molecule has 198 valence electrons. The number of hydrogen-bond acceptors (Lipinski definition) is 5. The number of methoxy groups -OCH3 is 2. The van der Waals surface area contributed by atoms with Crippen molar-refractivity contribution < 1.29 is 37.3 Å². The van der Waals surface area contributed by atoms with E-state index in [0.29, 0.717) is 57.2 Å². The van der Waals surface area contributed by atoms with Gasteiger partial charge in [-0.15, -0.1) is 0 Å². The van der Waals surface area contributed by atoms with Crippen molar-refractivity contribution in [2.24, 2.45) is 0 Å². The first kappa shape index (κ1) is 26.6.